The highest BCUT2D eigenvalue weighted by Crippen LogP contribution is 2.30. The molecule has 1 aliphatic rings. The number of anilines is 1. The zero-order valence-corrected chi connectivity index (χ0v) is 21.5. The van der Waals surface area contributed by atoms with Gasteiger partial charge in [0, 0.05) is 18.7 Å². The van der Waals surface area contributed by atoms with Crippen molar-refractivity contribution in [1.29, 1.82) is 0 Å². The standard InChI is InChI=1S/C28H33N3O5/c1-17-12-18(2)15-31(14-17)28(33)22-8-6-7-9-24(22)29-27(32)21-10-11-25(26(13-21)34-5)35-16-23-19(3)30-36-20(23)4/h6-11,13,17-18H,12,14-16H2,1-5H3,(H,29,32). The molecule has 0 saturated carbocycles. The van der Waals surface area contributed by atoms with Crippen LogP contribution in [0.4, 0.5) is 5.69 Å². The molecule has 2 amide bonds. The Morgan fingerprint density at radius 3 is 2.47 bits per heavy atom. The molecule has 2 atom stereocenters. The van der Waals surface area contributed by atoms with Gasteiger partial charge in [0.15, 0.2) is 11.5 Å². The number of hydrogen-bond donors (Lipinski definition) is 1. The van der Waals surface area contributed by atoms with Gasteiger partial charge in [-0.05, 0) is 62.4 Å². The van der Waals surface area contributed by atoms with Gasteiger partial charge in [0.1, 0.15) is 12.4 Å². The molecule has 2 aromatic carbocycles. The van der Waals surface area contributed by atoms with E-state index < -0.39 is 0 Å². The number of carbonyl (C=O) groups excluding carboxylic acids is 2. The van der Waals surface area contributed by atoms with Crippen molar-refractivity contribution < 1.29 is 23.6 Å². The van der Waals surface area contributed by atoms with E-state index in [1.165, 1.54) is 7.11 Å². The van der Waals surface area contributed by atoms with Crippen molar-refractivity contribution in [1.82, 2.24) is 10.1 Å². The van der Waals surface area contributed by atoms with E-state index >= 15 is 0 Å². The lowest BCUT2D eigenvalue weighted by Crippen LogP contribution is -2.42. The molecule has 0 spiro atoms. The molecule has 36 heavy (non-hydrogen) atoms. The molecule has 1 N–H and O–H groups in total. The number of rotatable bonds is 7. The average molecular weight is 492 g/mol. The van der Waals surface area contributed by atoms with E-state index in [1.807, 2.05) is 24.8 Å². The van der Waals surface area contributed by atoms with Gasteiger partial charge in [0.2, 0.25) is 0 Å². The molecule has 1 saturated heterocycles. The fourth-order valence-corrected chi connectivity index (χ4v) is 4.76. The topological polar surface area (TPSA) is 93.9 Å². The van der Waals surface area contributed by atoms with Crippen LogP contribution in [0.5, 0.6) is 11.5 Å². The third-order valence-electron chi connectivity index (χ3n) is 6.54. The van der Waals surface area contributed by atoms with Crippen LogP contribution in [0.25, 0.3) is 0 Å². The van der Waals surface area contributed by atoms with Crippen LogP contribution in [0.1, 0.15) is 58.0 Å². The molecule has 8 nitrogen and oxygen atoms in total. The van der Waals surface area contributed by atoms with Crippen molar-refractivity contribution in [3.05, 3.63) is 70.6 Å². The van der Waals surface area contributed by atoms with E-state index in [1.54, 1.807) is 36.4 Å². The molecule has 1 fully saturated rings. The molecule has 4 rings (SSSR count). The van der Waals surface area contributed by atoms with Crippen molar-refractivity contribution in [2.45, 2.75) is 40.7 Å². The minimum Gasteiger partial charge on any atom is -0.493 e. The number of para-hydroxylation sites is 1. The Morgan fingerprint density at radius 2 is 1.81 bits per heavy atom. The van der Waals surface area contributed by atoms with Crippen molar-refractivity contribution >= 4 is 17.5 Å². The quantitative estimate of drug-likeness (QED) is 0.485. The summed E-state index contributed by atoms with van der Waals surface area (Å²) in [6.07, 6.45) is 1.11. The van der Waals surface area contributed by atoms with Crippen LogP contribution in [0.2, 0.25) is 0 Å². The zero-order chi connectivity index (χ0) is 25.8. The Morgan fingerprint density at radius 1 is 1.08 bits per heavy atom. The maximum atomic E-state index is 13.3. The van der Waals surface area contributed by atoms with Gasteiger partial charge in [0.05, 0.1) is 29.6 Å². The summed E-state index contributed by atoms with van der Waals surface area (Å²) in [4.78, 5) is 28.3. The number of aryl methyl sites for hydroxylation is 2. The number of ether oxygens (including phenoxy) is 2. The van der Waals surface area contributed by atoms with Gasteiger partial charge in [-0.2, -0.15) is 0 Å². The highest BCUT2D eigenvalue weighted by atomic mass is 16.5. The number of benzene rings is 2. The second-order valence-electron chi connectivity index (χ2n) is 9.61. The predicted molar refractivity (Wildman–Crippen MR) is 137 cm³/mol. The number of carbonyl (C=O) groups is 2. The van der Waals surface area contributed by atoms with E-state index in [0.717, 1.165) is 30.8 Å². The number of hydrogen-bond acceptors (Lipinski definition) is 6. The Kier molecular flexibility index (Phi) is 7.62. The van der Waals surface area contributed by atoms with Gasteiger partial charge in [-0.3, -0.25) is 9.59 Å². The van der Waals surface area contributed by atoms with Gasteiger partial charge in [-0.1, -0.05) is 31.1 Å². The summed E-state index contributed by atoms with van der Waals surface area (Å²) in [7, 11) is 1.52. The van der Waals surface area contributed by atoms with Crippen molar-refractivity contribution in [3.63, 3.8) is 0 Å². The van der Waals surface area contributed by atoms with Crippen molar-refractivity contribution in [2.24, 2.45) is 11.8 Å². The minimum atomic E-state index is -0.341. The number of piperidine rings is 1. The van der Waals surface area contributed by atoms with Crippen LogP contribution in [-0.2, 0) is 6.61 Å². The first-order valence-corrected chi connectivity index (χ1v) is 12.2. The summed E-state index contributed by atoms with van der Waals surface area (Å²) >= 11 is 0. The molecule has 8 heteroatoms. The third-order valence-corrected chi connectivity index (χ3v) is 6.54. The Hall–Kier alpha value is -3.81. The second kappa shape index (κ2) is 10.8. The summed E-state index contributed by atoms with van der Waals surface area (Å²) in [5, 5.41) is 6.84. The van der Waals surface area contributed by atoms with Crippen molar-refractivity contribution in [2.75, 3.05) is 25.5 Å². The average Bonchev–Trinajstić information content (AvgIpc) is 3.18. The van der Waals surface area contributed by atoms with Crippen LogP contribution in [0.3, 0.4) is 0 Å². The van der Waals surface area contributed by atoms with Crippen LogP contribution >= 0.6 is 0 Å². The molecule has 2 unspecified atom stereocenters. The van der Waals surface area contributed by atoms with Gasteiger partial charge in [-0.25, -0.2) is 0 Å². The fraction of sp³-hybridized carbons (Fsp3) is 0.393. The smallest absolute Gasteiger partial charge is 0.255 e. The summed E-state index contributed by atoms with van der Waals surface area (Å²) in [6, 6.07) is 12.1. The lowest BCUT2D eigenvalue weighted by atomic mass is 9.91. The minimum absolute atomic E-state index is 0.0649. The number of methoxy groups -OCH3 is 1. The molecular formula is C28H33N3O5. The van der Waals surface area contributed by atoms with Crippen LogP contribution in [0, 0.1) is 25.7 Å². The number of likely N-dealkylation sites (tertiary alicyclic amines) is 1. The second-order valence-corrected chi connectivity index (χ2v) is 9.61. The molecule has 0 aliphatic carbocycles. The summed E-state index contributed by atoms with van der Waals surface area (Å²) < 4.78 is 16.6. The fourth-order valence-electron chi connectivity index (χ4n) is 4.76. The number of nitrogens with zero attached hydrogens (tertiary/aromatic N) is 2. The first-order chi connectivity index (χ1) is 17.3. The Balaban J connectivity index is 1.49. The Labute approximate surface area is 211 Å². The number of aromatic nitrogens is 1. The van der Waals surface area contributed by atoms with E-state index in [2.05, 4.69) is 24.3 Å². The van der Waals surface area contributed by atoms with Crippen LogP contribution in [0.15, 0.2) is 47.0 Å². The normalized spacial score (nSPS) is 17.5. The maximum absolute atomic E-state index is 13.3. The molecule has 3 aromatic rings. The predicted octanol–water partition coefficient (Wildman–Crippen LogP) is 5.25. The SMILES string of the molecule is COc1cc(C(=O)Nc2ccccc2C(=O)N2CC(C)CC(C)C2)ccc1OCc1c(C)noc1C. The molecule has 0 radical (unpaired) electrons. The highest BCUT2D eigenvalue weighted by Gasteiger charge is 2.27. The molecular weight excluding hydrogens is 458 g/mol. The molecule has 1 aromatic heterocycles. The van der Waals surface area contributed by atoms with Gasteiger partial charge >= 0.3 is 0 Å². The first kappa shape index (κ1) is 25.3. The van der Waals surface area contributed by atoms with Crippen LogP contribution in [-0.4, -0.2) is 42.1 Å². The lowest BCUT2D eigenvalue weighted by Gasteiger charge is -2.35. The van der Waals surface area contributed by atoms with E-state index in [-0.39, 0.29) is 18.4 Å². The Bertz CT molecular complexity index is 1220. The van der Waals surface area contributed by atoms with Crippen molar-refractivity contribution in [3.8, 4) is 11.5 Å². The zero-order valence-electron chi connectivity index (χ0n) is 21.5. The lowest BCUT2D eigenvalue weighted by molar-refractivity contribution is 0.0624. The number of amides is 2. The van der Waals surface area contributed by atoms with E-state index in [4.69, 9.17) is 14.0 Å². The van der Waals surface area contributed by atoms with Gasteiger partial charge < -0.3 is 24.2 Å². The van der Waals surface area contributed by atoms with Crippen LogP contribution < -0.4 is 14.8 Å². The largest absolute Gasteiger partial charge is 0.493 e. The van der Waals surface area contributed by atoms with Gasteiger partial charge in [0.25, 0.3) is 11.8 Å². The third kappa shape index (κ3) is 5.53. The maximum Gasteiger partial charge on any atom is 0.255 e. The van der Waals surface area contributed by atoms with Gasteiger partial charge in [-0.15, -0.1) is 0 Å². The molecule has 1 aliphatic heterocycles. The number of nitrogens with one attached hydrogen (secondary N) is 1. The first-order valence-electron chi connectivity index (χ1n) is 12.2. The van der Waals surface area contributed by atoms with E-state index in [9.17, 15) is 9.59 Å². The monoisotopic (exact) mass is 491 g/mol. The summed E-state index contributed by atoms with van der Waals surface area (Å²) in [5.74, 6) is 2.11. The highest BCUT2D eigenvalue weighted by molar-refractivity contribution is 6.09. The molecule has 0 bridgehead atoms. The van der Waals surface area contributed by atoms with E-state index in [0.29, 0.717) is 45.9 Å². The summed E-state index contributed by atoms with van der Waals surface area (Å²) in [5.41, 5.74) is 3.00. The molecule has 190 valence electrons. The summed E-state index contributed by atoms with van der Waals surface area (Å²) in [6.45, 7) is 9.73. The molecule has 2 heterocycles.